The van der Waals surface area contributed by atoms with Crippen molar-refractivity contribution in [2.24, 2.45) is 0 Å². The Kier molecular flexibility index (Phi) is 8.67. The summed E-state index contributed by atoms with van der Waals surface area (Å²) in [5, 5.41) is 7.90. The number of anilines is 3. The first-order chi connectivity index (χ1) is 32.7. The molecule has 0 aliphatic heterocycles. The Hall–Kier alpha value is -8.00. The third-order valence-electron chi connectivity index (χ3n) is 15.2. The van der Waals surface area contributed by atoms with Crippen LogP contribution in [0.1, 0.15) is 49.9 Å². The van der Waals surface area contributed by atoms with Crippen LogP contribution >= 0.6 is 0 Å². The van der Waals surface area contributed by atoms with Gasteiger partial charge in [-0.2, -0.15) is 0 Å². The van der Waals surface area contributed by atoms with Gasteiger partial charge in [-0.1, -0.05) is 204 Å². The molecule has 0 aromatic heterocycles. The fraction of sp³-hybridized carbons (Fsp3) is 0.0909. The van der Waals surface area contributed by atoms with Crippen molar-refractivity contribution in [3.63, 3.8) is 0 Å². The number of hydrogen-bond donors (Lipinski definition) is 0. The lowest BCUT2D eigenvalue weighted by Gasteiger charge is -2.28. The van der Waals surface area contributed by atoms with Crippen LogP contribution < -0.4 is 4.90 Å². The molecule has 0 bridgehead atoms. The molecule has 11 aromatic carbocycles. The molecular formula is C66H49N. The smallest absolute Gasteiger partial charge is 0.0468 e. The van der Waals surface area contributed by atoms with Crippen molar-refractivity contribution in [3.05, 3.63) is 247 Å². The van der Waals surface area contributed by atoms with Gasteiger partial charge in [0.25, 0.3) is 0 Å². The Labute approximate surface area is 393 Å². The normalized spacial score (nSPS) is 13.9. The van der Waals surface area contributed by atoms with Crippen molar-refractivity contribution in [3.8, 4) is 55.6 Å². The Balaban J connectivity index is 0.947. The molecule has 1 nitrogen and oxygen atoms in total. The standard InChI is InChI=1S/C66H49N/c1-65(2)60-26-12-11-25-54(60)59-41-50(33-37-62(59)65)67(49-21-15-20-46(39-49)45-19-14-18-44(38-45)42-16-6-5-7-17-42)48-31-28-43(29-32-48)47-30-34-56-58(40-47)52-23-9-8-22-51(52)55-35-36-57-53-24-10-13-27-61(53)66(3,4)64(57)63(55)56/h5-41H,1-4H3. The van der Waals surface area contributed by atoms with Gasteiger partial charge in [0, 0.05) is 27.9 Å². The molecule has 2 aliphatic carbocycles. The van der Waals surface area contributed by atoms with Gasteiger partial charge >= 0.3 is 0 Å². The minimum absolute atomic E-state index is 0.0701. The summed E-state index contributed by atoms with van der Waals surface area (Å²) in [6.07, 6.45) is 0. The molecule has 13 rings (SSSR count). The zero-order valence-corrected chi connectivity index (χ0v) is 38.3. The van der Waals surface area contributed by atoms with Gasteiger partial charge in [0.1, 0.15) is 0 Å². The molecule has 0 heterocycles. The molecule has 0 saturated carbocycles. The Bertz CT molecular complexity index is 3800. The van der Waals surface area contributed by atoms with Crippen LogP contribution in [0, 0.1) is 0 Å². The highest BCUT2D eigenvalue weighted by molar-refractivity contribution is 6.28. The van der Waals surface area contributed by atoms with E-state index in [1.165, 1.54) is 110 Å². The topological polar surface area (TPSA) is 3.24 Å². The zero-order chi connectivity index (χ0) is 45.0. The average molecular weight is 856 g/mol. The van der Waals surface area contributed by atoms with Crippen molar-refractivity contribution >= 4 is 49.4 Å². The predicted molar refractivity (Wildman–Crippen MR) is 285 cm³/mol. The lowest BCUT2D eigenvalue weighted by atomic mass is 9.78. The van der Waals surface area contributed by atoms with Crippen LogP contribution in [0.2, 0.25) is 0 Å². The van der Waals surface area contributed by atoms with E-state index in [1.807, 2.05) is 0 Å². The van der Waals surface area contributed by atoms with E-state index < -0.39 is 0 Å². The van der Waals surface area contributed by atoms with E-state index in [4.69, 9.17) is 0 Å². The van der Waals surface area contributed by atoms with Gasteiger partial charge < -0.3 is 4.90 Å². The molecule has 0 spiro atoms. The second kappa shape index (κ2) is 14.8. The Morgan fingerprint density at radius 3 is 1.52 bits per heavy atom. The third-order valence-corrected chi connectivity index (χ3v) is 15.2. The molecular weight excluding hydrogens is 807 g/mol. The zero-order valence-electron chi connectivity index (χ0n) is 38.3. The summed E-state index contributed by atoms with van der Waals surface area (Å²) in [5.74, 6) is 0. The minimum Gasteiger partial charge on any atom is -0.310 e. The molecule has 67 heavy (non-hydrogen) atoms. The van der Waals surface area contributed by atoms with E-state index in [0.717, 1.165) is 17.1 Å². The molecule has 2 aliphatic rings. The first-order valence-electron chi connectivity index (χ1n) is 23.7. The van der Waals surface area contributed by atoms with Crippen LogP contribution in [0.5, 0.6) is 0 Å². The summed E-state index contributed by atoms with van der Waals surface area (Å²) in [7, 11) is 0. The molecule has 0 fully saturated rings. The number of benzene rings is 11. The maximum absolute atomic E-state index is 2.44. The van der Waals surface area contributed by atoms with E-state index in [2.05, 4.69) is 257 Å². The molecule has 0 amide bonds. The molecule has 1 heteroatoms. The van der Waals surface area contributed by atoms with Gasteiger partial charge in [0.05, 0.1) is 0 Å². The van der Waals surface area contributed by atoms with Crippen LogP contribution in [-0.4, -0.2) is 0 Å². The predicted octanol–water partition coefficient (Wildman–Crippen LogP) is 18.2. The van der Waals surface area contributed by atoms with Crippen molar-refractivity contribution in [2.45, 2.75) is 38.5 Å². The second-order valence-electron chi connectivity index (χ2n) is 19.7. The highest BCUT2D eigenvalue weighted by Gasteiger charge is 2.38. The van der Waals surface area contributed by atoms with E-state index in [1.54, 1.807) is 0 Å². The summed E-state index contributed by atoms with van der Waals surface area (Å²) in [6, 6.07) is 83.7. The lowest BCUT2D eigenvalue weighted by molar-refractivity contribution is 0.660. The van der Waals surface area contributed by atoms with E-state index in [-0.39, 0.29) is 10.8 Å². The fourth-order valence-corrected chi connectivity index (χ4v) is 11.9. The highest BCUT2D eigenvalue weighted by Crippen LogP contribution is 2.54. The molecule has 0 atom stereocenters. The number of nitrogens with zero attached hydrogens (tertiary/aromatic N) is 1. The van der Waals surface area contributed by atoms with Gasteiger partial charge in [-0.3, -0.25) is 0 Å². The molecule has 0 radical (unpaired) electrons. The molecule has 0 unspecified atom stereocenters. The summed E-state index contributed by atoms with van der Waals surface area (Å²) in [6.45, 7) is 9.51. The minimum atomic E-state index is -0.120. The van der Waals surface area contributed by atoms with Gasteiger partial charge in [-0.25, -0.2) is 0 Å². The molecule has 0 saturated heterocycles. The number of hydrogen-bond acceptors (Lipinski definition) is 1. The van der Waals surface area contributed by atoms with Crippen molar-refractivity contribution < 1.29 is 0 Å². The lowest BCUT2D eigenvalue weighted by Crippen LogP contribution is -2.15. The van der Waals surface area contributed by atoms with E-state index >= 15 is 0 Å². The van der Waals surface area contributed by atoms with Gasteiger partial charge in [-0.05, 0) is 159 Å². The summed E-state index contributed by atoms with van der Waals surface area (Å²) in [5.41, 5.74) is 21.3. The SMILES string of the molecule is CC1(C)c2ccccc2-c2cc(N(c3ccc(-c4ccc5c(c4)c4ccccc4c4ccc6c(c45)C(C)(C)c4ccccc4-6)cc3)c3cccc(-c4cccc(-c5ccccc5)c4)c3)ccc21. The number of fused-ring (bicyclic) bond motifs is 13. The first-order valence-corrected chi connectivity index (χ1v) is 23.7. The summed E-state index contributed by atoms with van der Waals surface area (Å²) in [4.78, 5) is 2.43. The Morgan fingerprint density at radius 2 is 0.761 bits per heavy atom. The maximum Gasteiger partial charge on any atom is 0.0468 e. The second-order valence-corrected chi connectivity index (χ2v) is 19.7. The van der Waals surface area contributed by atoms with Crippen molar-refractivity contribution in [1.29, 1.82) is 0 Å². The first kappa shape index (κ1) is 39.4. The summed E-state index contributed by atoms with van der Waals surface area (Å²) >= 11 is 0. The van der Waals surface area contributed by atoms with E-state index in [9.17, 15) is 0 Å². The van der Waals surface area contributed by atoms with Crippen LogP contribution in [0.3, 0.4) is 0 Å². The number of rotatable bonds is 6. The van der Waals surface area contributed by atoms with Crippen LogP contribution in [0.25, 0.3) is 88.0 Å². The molecule has 11 aromatic rings. The Morgan fingerprint density at radius 1 is 0.269 bits per heavy atom. The fourth-order valence-electron chi connectivity index (χ4n) is 11.9. The molecule has 0 N–H and O–H groups in total. The average Bonchev–Trinajstić information content (AvgIpc) is 3.76. The summed E-state index contributed by atoms with van der Waals surface area (Å²) < 4.78 is 0. The van der Waals surface area contributed by atoms with Gasteiger partial charge in [-0.15, -0.1) is 0 Å². The van der Waals surface area contributed by atoms with Crippen molar-refractivity contribution in [2.75, 3.05) is 4.90 Å². The van der Waals surface area contributed by atoms with Crippen molar-refractivity contribution in [1.82, 2.24) is 0 Å². The quantitative estimate of drug-likeness (QED) is 0.151. The maximum atomic E-state index is 2.44. The largest absolute Gasteiger partial charge is 0.310 e. The van der Waals surface area contributed by atoms with Crippen LogP contribution in [0.15, 0.2) is 224 Å². The van der Waals surface area contributed by atoms with Crippen LogP contribution in [0.4, 0.5) is 17.1 Å². The van der Waals surface area contributed by atoms with E-state index in [0.29, 0.717) is 0 Å². The van der Waals surface area contributed by atoms with Crippen LogP contribution in [-0.2, 0) is 10.8 Å². The molecule has 318 valence electrons. The van der Waals surface area contributed by atoms with Gasteiger partial charge in [0.15, 0.2) is 0 Å². The highest BCUT2D eigenvalue weighted by atomic mass is 15.1. The van der Waals surface area contributed by atoms with Gasteiger partial charge in [0.2, 0.25) is 0 Å². The monoisotopic (exact) mass is 855 g/mol. The third kappa shape index (κ3) is 6.01.